The Morgan fingerprint density at radius 3 is 2.42 bits per heavy atom. The van der Waals surface area contributed by atoms with E-state index in [0.717, 1.165) is 12.1 Å². The SMILES string of the molecule is Cc1nn(C)c(CC(O)c2c(F)cccc2F)c1Cl. The minimum absolute atomic E-state index is 0.00593. The van der Waals surface area contributed by atoms with Crippen LogP contribution in [0.15, 0.2) is 18.2 Å². The topological polar surface area (TPSA) is 38.0 Å². The molecule has 102 valence electrons. The molecule has 1 N–H and O–H groups in total. The van der Waals surface area contributed by atoms with Crippen molar-refractivity contribution in [3.8, 4) is 0 Å². The van der Waals surface area contributed by atoms with Crippen LogP contribution in [0.4, 0.5) is 8.78 Å². The van der Waals surface area contributed by atoms with Crippen LogP contribution < -0.4 is 0 Å². The Bertz CT molecular complexity index is 593. The Kier molecular flexibility index (Phi) is 3.87. The van der Waals surface area contributed by atoms with Crippen LogP contribution in [0.3, 0.4) is 0 Å². The highest BCUT2D eigenvalue weighted by atomic mass is 35.5. The number of nitrogens with zero attached hydrogens (tertiary/aromatic N) is 2. The van der Waals surface area contributed by atoms with Gasteiger partial charge in [0.1, 0.15) is 11.6 Å². The van der Waals surface area contributed by atoms with E-state index in [0.29, 0.717) is 16.4 Å². The number of aliphatic hydroxyl groups excluding tert-OH is 1. The molecule has 0 aliphatic heterocycles. The van der Waals surface area contributed by atoms with E-state index in [1.54, 1.807) is 14.0 Å². The maximum Gasteiger partial charge on any atom is 0.131 e. The lowest BCUT2D eigenvalue weighted by Crippen LogP contribution is -2.10. The van der Waals surface area contributed by atoms with Gasteiger partial charge in [-0.15, -0.1) is 0 Å². The quantitative estimate of drug-likeness (QED) is 0.942. The molecule has 1 atom stereocenters. The summed E-state index contributed by atoms with van der Waals surface area (Å²) in [6.07, 6.45) is -1.32. The monoisotopic (exact) mass is 286 g/mol. The van der Waals surface area contributed by atoms with Crippen molar-refractivity contribution in [2.75, 3.05) is 0 Å². The molecule has 0 amide bonds. The third-order valence-electron chi connectivity index (χ3n) is 2.98. The summed E-state index contributed by atoms with van der Waals surface area (Å²) in [7, 11) is 1.67. The normalized spacial score (nSPS) is 12.7. The number of aryl methyl sites for hydroxylation is 2. The number of benzene rings is 1. The zero-order valence-corrected chi connectivity index (χ0v) is 11.2. The summed E-state index contributed by atoms with van der Waals surface area (Å²) < 4.78 is 28.6. The van der Waals surface area contributed by atoms with E-state index in [4.69, 9.17) is 11.6 Å². The van der Waals surface area contributed by atoms with Crippen molar-refractivity contribution in [3.63, 3.8) is 0 Å². The van der Waals surface area contributed by atoms with Crippen molar-refractivity contribution >= 4 is 11.6 Å². The molecule has 19 heavy (non-hydrogen) atoms. The molecular weight excluding hydrogens is 274 g/mol. The summed E-state index contributed by atoms with van der Waals surface area (Å²) in [6.45, 7) is 1.72. The minimum Gasteiger partial charge on any atom is -0.388 e. The lowest BCUT2D eigenvalue weighted by atomic mass is 10.0. The van der Waals surface area contributed by atoms with E-state index >= 15 is 0 Å². The zero-order valence-electron chi connectivity index (χ0n) is 10.5. The van der Waals surface area contributed by atoms with E-state index < -0.39 is 17.7 Å². The van der Waals surface area contributed by atoms with Crippen LogP contribution in [0, 0.1) is 18.6 Å². The Labute approximate surface area is 114 Å². The summed E-state index contributed by atoms with van der Waals surface area (Å²) in [6, 6.07) is 3.47. The van der Waals surface area contributed by atoms with Gasteiger partial charge in [0.05, 0.1) is 28.1 Å². The number of aromatic nitrogens is 2. The lowest BCUT2D eigenvalue weighted by Gasteiger charge is -2.13. The van der Waals surface area contributed by atoms with Gasteiger partial charge in [-0.2, -0.15) is 5.10 Å². The highest BCUT2D eigenvalue weighted by molar-refractivity contribution is 6.31. The van der Waals surface area contributed by atoms with Gasteiger partial charge in [-0.1, -0.05) is 17.7 Å². The average Bonchev–Trinajstić information content (AvgIpc) is 2.56. The summed E-state index contributed by atoms with van der Waals surface area (Å²) in [5, 5.41) is 14.5. The first kappa shape index (κ1) is 14.0. The first-order chi connectivity index (χ1) is 8.91. The first-order valence-corrected chi connectivity index (χ1v) is 6.09. The van der Waals surface area contributed by atoms with Gasteiger partial charge in [-0.25, -0.2) is 8.78 Å². The van der Waals surface area contributed by atoms with E-state index in [-0.39, 0.29) is 12.0 Å². The molecular formula is C13H13ClF2N2O. The molecule has 1 aromatic heterocycles. The number of rotatable bonds is 3. The van der Waals surface area contributed by atoms with Crippen molar-refractivity contribution < 1.29 is 13.9 Å². The molecule has 6 heteroatoms. The van der Waals surface area contributed by atoms with Gasteiger partial charge < -0.3 is 5.11 Å². The summed E-state index contributed by atoms with van der Waals surface area (Å²) in [5.74, 6) is -1.55. The Balaban J connectivity index is 2.33. The molecule has 0 aliphatic carbocycles. The third-order valence-corrected chi connectivity index (χ3v) is 3.47. The molecule has 0 fully saturated rings. The molecule has 0 saturated carbocycles. The first-order valence-electron chi connectivity index (χ1n) is 5.71. The molecule has 1 heterocycles. The molecule has 0 spiro atoms. The Morgan fingerprint density at radius 2 is 1.95 bits per heavy atom. The lowest BCUT2D eigenvalue weighted by molar-refractivity contribution is 0.166. The van der Waals surface area contributed by atoms with Crippen LogP contribution in [0.2, 0.25) is 5.02 Å². The number of aliphatic hydroxyl groups is 1. The van der Waals surface area contributed by atoms with Crippen molar-refractivity contribution in [1.29, 1.82) is 0 Å². The molecule has 3 nitrogen and oxygen atoms in total. The van der Waals surface area contributed by atoms with Gasteiger partial charge in [0.15, 0.2) is 0 Å². The summed E-state index contributed by atoms with van der Waals surface area (Å²) in [5.41, 5.74) is 0.798. The molecule has 1 aromatic carbocycles. The van der Waals surface area contributed by atoms with Crippen molar-refractivity contribution in [2.24, 2.45) is 7.05 Å². The van der Waals surface area contributed by atoms with Crippen LogP contribution in [0.1, 0.15) is 23.1 Å². The third kappa shape index (κ3) is 2.62. The molecule has 1 unspecified atom stereocenters. The second kappa shape index (κ2) is 5.27. The van der Waals surface area contributed by atoms with Crippen LogP contribution in [0.5, 0.6) is 0 Å². The van der Waals surface area contributed by atoms with Crippen LogP contribution in [0.25, 0.3) is 0 Å². The summed E-state index contributed by atoms with van der Waals surface area (Å²) in [4.78, 5) is 0. The fourth-order valence-electron chi connectivity index (χ4n) is 2.02. The largest absolute Gasteiger partial charge is 0.388 e. The standard InChI is InChI=1S/C13H13ClF2N2O/c1-7-13(14)10(18(2)17-7)6-11(19)12-8(15)4-3-5-9(12)16/h3-5,11,19H,6H2,1-2H3. The van der Waals surface area contributed by atoms with Crippen LogP contribution in [-0.2, 0) is 13.5 Å². The van der Waals surface area contributed by atoms with E-state index in [2.05, 4.69) is 5.10 Å². The van der Waals surface area contributed by atoms with Crippen molar-refractivity contribution in [1.82, 2.24) is 9.78 Å². The van der Waals surface area contributed by atoms with Gasteiger partial charge in [-0.3, -0.25) is 4.68 Å². The van der Waals surface area contributed by atoms with Gasteiger partial charge in [0, 0.05) is 13.5 Å². The zero-order chi connectivity index (χ0) is 14.2. The fourth-order valence-corrected chi connectivity index (χ4v) is 2.25. The fraction of sp³-hybridized carbons (Fsp3) is 0.308. The van der Waals surface area contributed by atoms with Crippen molar-refractivity contribution in [3.05, 3.63) is 51.8 Å². The Morgan fingerprint density at radius 1 is 1.37 bits per heavy atom. The molecule has 0 radical (unpaired) electrons. The number of halogens is 3. The highest BCUT2D eigenvalue weighted by Gasteiger charge is 2.21. The second-order valence-electron chi connectivity index (χ2n) is 4.32. The van der Waals surface area contributed by atoms with E-state index in [9.17, 15) is 13.9 Å². The average molecular weight is 287 g/mol. The molecule has 2 rings (SSSR count). The Hall–Kier alpha value is -1.46. The van der Waals surface area contributed by atoms with E-state index in [1.807, 2.05) is 0 Å². The van der Waals surface area contributed by atoms with Crippen LogP contribution in [-0.4, -0.2) is 14.9 Å². The molecule has 2 aromatic rings. The van der Waals surface area contributed by atoms with Gasteiger partial charge >= 0.3 is 0 Å². The van der Waals surface area contributed by atoms with E-state index in [1.165, 1.54) is 10.7 Å². The second-order valence-corrected chi connectivity index (χ2v) is 4.70. The van der Waals surface area contributed by atoms with Gasteiger partial charge in [0.25, 0.3) is 0 Å². The van der Waals surface area contributed by atoms with Crippen LogP contribution >= 0.6 is 11.6 Å². The predicted molar refractivity (Wildman–Crippen MR) is 68.0 cm³/mol. The van der Waals surface area contributed by atoms with Gasteiger partial charge in [0.2, 0.25) is 0 Å². The van der Waals surface area contributed by atoms with Gasteiger partial charge in [-0.05, 0) is 19.1 Å². The minimum atomic E-state index is -1.31. The molecule has 0 aliphatic rings. The molecule has 0 saturated heterocycles. The summed E-state index contributed by atoms with van der Waals surface area (Å²) >= 11 is 6.04. The van der Waals surface area contributed by atoms with Crippen molar-refractivity contribution in [2.45, 2.75) is 19.4 Å². The number of hydrogen-bond acceptors (Lipinski definition) is 2. The number of hydrogen-bond donors (Lipinski definition) is 1. The maximum absolute atomic E-state index is 13.6. The maximum atomic E-state index is 13.6. The predicted octanol–water partition coefficient (Wildman–Crippen LogP) is 2.94. The smallest absolute Gasteiger partial charge is 0.131 e. The highest BCUT2D eigenvalue weighted by Crippen LogP contribution is 2.28. The molecule has 0 bridgehead atoms.